The van der Waals surface area contributed by atoms with E-state index in [2.05, 4.69) is 31.3 Å². The van der Waals surface area contributed by atoms with E-state index in [4.69, 9.17) is 4.42 Å². The van der Waals surface area contributed by atoms with Crippen LogP contribution in [0.1, 0.15) is 21.7 Å². The van der Waals surface area contributed by atoms with Gasteiger partial charge in [-0.2, -0.15) is 5.10 Å². The van der Waals surface area contributed by atoms with E-state index >= 15 is 0 Å². The molecule has 0 aliphatic carbocycles. The van der Waals surface area contributed by atoms with Gasteiger partial charge in [0.15, 0.2) is 5.76 Å². The molecule has 4 aromatic rings. The number of halogens is 1. The van der Waals surface area contributed by atoms with E-state index in [9.17, 15) is 4.79 Å². The van der Waals surface area contributed by atoms with E-state index < -0.39 is 0 Å². The molecule has 6 nitrogen and oxygen atoms in total. The van der Waals surface area contributed by atoms with Gasteiger partial charge in [-0.05, 0) is 42.8 Å². The summed E-state index contributed by atoms with van der Waals surface area (Å²) in [6.07, 6.45) is 3.13. The summed E-state index contributed by atoms with van der Waals surface area (Å²) in [5, 5.41) is 7.93. The van der Waals surface area contributed by atoms with Gasteiger partial charge in [0.05, 0.1) is 5.69 Å². The number of aromatic nitrogens is 3. The molecule has 2 aromatic carbocycles. The minimum Gasteiger partial charge on any atom is -0.451 e. The molecule has 1 N–H and O–H groups in total. The van der Waals surface area contributed by atoms with Crippen LogP contribution in [0, 0.1) is 6.92 Å². The monoisotopic (exact) mass is 410 g/mol. The van der Waals surface area contributed by atoms with Crippen molar-refractivity contribution in [2.24, 2.45) is 0 Å². The molecule has 0 bridgehead atoms. The van der Waals surface area contributed by atoms with Crippen LogP contribution in [0.25, 0.3) is 16.7 Å². The number of nitrogens with zero attached hydrogens (tertiary/aromatic N) is 3. The highest BCUT2D eigenvalue weighted by Gasteiger charge is 2.17. The van der Waals surface area contributed by atoms with Crippen molar-refractivity contribution in [1.82, 2.24) is 20.1 Å². The summed E-state index contributed by atoms with van der Waals surface area (Å²) >= 11 is 3.44. The lowest BCUT2D eigenvalue weighted by Gasteiger charge is -2.06. The number of hydrogen-bond acceptors (Lipinski definition) is 4. The molecule has 130 valence electrons. The molecule has 0 radical (unpaired) electrons. The molecular weight excluding hydrogens is 396 g/mol. The minimum atomic E-state index is -0.227. The Morgan fingerprint density at radius 2 is 2.04 bits per heavy atom. The van der Waals surface area contributed by atoms with Gasteiger partial charge in [0.1, 0.15) is 18.2 Å². The van der Waals surface area contributed by atoms with Gasteiger partial charge in [-0.1, -0.05) is 28.1 Å². The van der Waals surface area contributed by atoms with Crippen molar-refractivity contribution in [2.45, 2.75) is 13.5 Å². The SMILES string of the molecule is Cc1c(C(=O)NCc2ccc(-n3cncn3)cc2)oc2ccc(Br)cc12. The number of carbonyl (C=O) groups is 1. The summed E-state index contributed by atoms with van der Waals surface area (Å²) in [6.45, 7) is 2.30. The molecule has 2 heterocycles. The first-order valence-electron chi connectivity index (χ1n) is 8.02. The Balaban J connectivity index is 1.48. The molecule has 2 aromatic heterocycles. The largest absolute Gasteiger partial charge is 0.451 e. The Bertz CT molecular complexity index is 1070. The first kappa shape index (κ1) is 16.5. The molecule has 0 unspecified atom stereocenters. The quantitative estimate of drug-likeness (QED) is 0.551. The Labute approximate surface area is 158 Å². The molecular formula is C19H15BrN4O2. The summed E-state index contributed by atoms with van der Waals surface area (Å²) in [5.74, 6) is 0.118. The summed E-state index contributed by atoms with van der Waals surface area (Å²) in [6, 6.07) is 13.4. The number of nitrogens with one attached hydrogen (secondary N) is 1. The summed E-state index contributed by atoms with van der Waals surface area (Å²) < 4.78 is 8.35. The van der Waals surface area contributed by atoms with Crippen LogP contribution >= 0.6 is 15.9 Å². The van der Waals surface area contributed by atoms with Gasteiger partial charge in [0.25, 0.3) is 5.91 Å². The number of furan rings is 1. The van der Waals surface area contributed by atoms with Crippen molar-refractivity contribution < 1.29 is 9.21 Å². The molecule has 0 atom stereocenters. The molecule has 0 aliphatic rings. The van der Waals surface area contributed by atoms with Gasteiger partial charge >= 0.3 is 0 Å². The van der Waals surface area contributed by atoms with Crippen LogP contribution in [0.4, 0.5) is 0 Å². The second-order valence-electron chi connectivity index (χ2n) is 5.89. The predicted molar refractivity (Wildman–Crippen MR) is 101 cm³/mol. The summed E-state index contributed by atoms with van der Waals surface area (Å²) in [7, 11) is 0. The maximum Gasteiger partial charge on any atom is 0.287 e. The molecule has 4 rings (SSSR count). The van der Waals surface area contributed by atoms with Crippen LogP contribution in [-0.4, -0.2) is 20.7 Å². The number of benzene rings is 2. The summed E-state index contributed by atoms with van der Waals surface area (Å²) in [4.78, 5) is 16.4. The van der Waals surface area contributed by atoms with Gasteiger partial charge in [-0.15, -0.1) is 0 Å². The van der Waals surface area contributed by atoms with Gasteiger partial charge in [-0.25, -0.2) is 9.67 Å². The topological polar surface area (TPSA) is 73.0 Å². The van der Waals surface area contributed by atoms with Crippen molar-refractivity contribution in [2.75, 3.05) is 0 Å². The number of carbonyl (C=O) groups excluding carboxylic acids is 1. The lowest BCUT2D eigenvalue weighted by atomic mass is 10.1. The van der Waals surface area contributed by atoms with E-state index in [1.807, 2.05) is 49.4 Å². The standard InChI is InChI=1S/C19H15BrN4O2/c1-12-16-8-14(20)4-7-17(16)26-18(12)19(25)22-9-13-2-5-15(6-3-13)24-11-21-10-23-24/h2-8,10-11H,9H2,1H3,(H,22,25). The minimum absolute atomic E-state index is 0.227. The van der Waals surface area contributed by atoms with Crippen molar-refractivity contribution in [1.29, 1.82) is 0 Å². The molecule has 0 fully saturated rings. The average molecular weight is 411 g/mol. The molecule has 26 heavy (non-hydrogen) atoms. The fraction of sp³-hybridized carbons (Fsp3) is 0.105. The highest BCUT2D eigenvalue weighted by Crippen LogP contribution is 2.28. The highest BCUT2D eigenvalue weighted by atomic mass is 79.9. The molecule has 0 aliphatic heterocycles. The number of amides is 1. The van der Waals surface area contributed by atoms with E-state index in [0.717, 1.165) is 26.7 Å². The number of hydrogen-bond donors (Lipinski definition) is 1. The molecule has 0 spiro atoms. The Morgan fingerprint density at radius 1 is 1.23 bits per heavy atom. The number of aryl methyl sites for hydroxylation is 1. The Hall–Kier alpha value is -2.93. The van der Waals surface area contributed by atoms with Crippen molar-refractivity contribution in [3.05, 3.63) is 76.5 Å². The first-order valence-corrected chi connectivity index (χ1v) is 8.82. The van der Waals surface area contributed by atoms with Gasteiger partial charge in [0, 0.05) is 22.0 Å². The maximum absolute atomic E-state index is 12.5. The van der Waals surface area contributed by atoms with Crippen LogP contribution in [0.3, 0.4) is 0 Å². The molecule has 1 amide bonds. The average Bonchev–Trinajstić information content (AvgIpc) is 3.29. The van der Waals surface area contributed by atoms with Crippen molar-refractivity contribution in [3.63, 3.8) is 0 Å². The fourth-order valence-electron chi connectivity index (χ4n) is 2.78. The summed E-state index contributed by atoms with van der Waals surface area (Å²) in [5.41, 5.74) is 3.43. The molecule has 0 saturated heterocycles. The lowest BCUT2D eigenvalue weighted by Crippen LogP contribution is -2.22. The van der Waals surface area contributed by atoms with Crippen molar-refractivity contribution in [3.8, 4) is 5.69 Å². The van der Waals surface area contributed by atoms with Crippen molar-refractivity contribution >= 4 is 32.8 Å². The smallest absolute Gasteiger partial charge is 0.287 e. The lowest BCUT2D eigenvalue weighted by molar-refractivity contribution is 0.0924. The van der Waals surface area contributed by atoms with E-state index in [1.54, 1.807) is 11.0 Å². The Morgan fingerprint density at radius 3 is 2.77 bits per heavy atom. The first-order chi connectivity index (χ1) is 12.6. The second-order valence-corrected chi connectivity index (χ2v) is 6.80. The van der Waals surface area contributed by atoms with Crippen LogP contribution in [0.15, 0.2) is 64.0 Å². The fourth-order valence-corrected chi connectivity index (χ4v) is 3.14. The molecule has 7 heteroatoms. The number of rotatable bonds is 4. The van der Waals surface area contributed by atoms with E-state index in [1.165, 1.54) is 6.33 Å². The maximum atomic E-state index is 12.5. The Kier molecular flexibility index (Phi) is 4.30. The third-order valence-electron chi connectivity index (χ3n) is 4.18. The van der Waals surface area contributed by atoms with E-state index in [-0.39, 0.29) is 5.91 Å². The van der Waals surface area contributed by atoms with Gasteiger partial charge in [0.2, 0.25) is 0 Å². The highest BCUT2D eigenvalue weighted by molar-refractivity contribution is 9.10. The number of fused-ring (bicyclic) bond motifs is 1. The normalized spacial score (nSPS) is 11.0. The third kappa shape index (κ3) is 3.13. The third-order valence-corrected chi connectivity index (χ3v) is 4.67. The van der Waals surface area contributed by atoms with Crippen LogP contribution in [0.5, 0.6) is 0 Å². The zero-order chi connectivity index (χ0) is 18.1. The predicted octanol–water partition coefficient (Wildman–Crippen LogP) is 4.01. The zero-order valence-electron chi connectivity index (χ0n) is 13.9. The van der Waals surface area contributed by atoms with Gasteiger partial charge in [-0.3, -0.25) is 4.79 Å². The van der Waals surface area contributed by atoms with Gasteiger partial charge < -0.3 is 9.73 Å². The molecule has 0 saturated carbocycles. The van der Waals surface area contributed by atoms with E-state index in [0.29, 0.717) is 17.9 Å². The van der Waals surface area contributed by atoms with Crippen LogP contribution in [-0.2, 0) is 6.54 Å². The van der Waals surface area contributed by atoms with Crippen LogP contribution < -0.4 is 5.32 Å². The zero-order valence-corrected chi connectivity index (χ0v) is 15.5. The second kappa shape index (κ2) is 6.76. The van der Waals surface area contributed by atoms with Crippen LogP contribution in [0.2, 0.25) is 0 Å².